The highest BCUT2D eigenvalue weighted by molar-refractivity contribution is 6.09. The van der Waals surface area contributed by atoms with Crippen molar-refractivity contribution in [2.45, 2.75) is 25.2 Å². The van der Waals surface area contributed by atoms with Crippen LogP contribution in [0.5, 0.6) is 0 Å². The molecular formula is C29H20F2N8O2. The summed E-state index contributed by atoms with van der Waals surface area (Å²) in [5.41, 5.74) is 7.50. The maximum atomic E-state index is 14.0. The number of carbonyl (C=O) groups excluding carboxylic acids is 2. The van der Waals surface area contributed by atoms with Crippen molar-refractivity contribution in [1.29, 1.82) is 5.26 Å². The molecule has 4 heterocycles. The number of amides is 2. The van der Waals surface area contributed by atoms with Crippen molar-refractivity contribution in [3.63, 3.8) is 0 Å². The zero-order valence-electron chi connectivity index (χ0n) is 21.3. The van der Waals surface area contributed by atoms with Crippen molar-refractivity contribution in [1.82, 2.24) is 24.8 Å². The van der Waals surface area contributed by atoms with Gasteiger partial charge in [0.05, 0.1) is 24.3 Å². The molecule has 0 unspecified atom stereocenters. The molecule has 2 aliphatic heterocycles. The van der Waals surface area contributed by atoms with E-state index in [1.165, 1.54) is 65.8 Å². The van der Waals surface area contributed by atoms with Crippen LogP contribution >= 0.6 is 0 Å². The van der Waals surface area contributed by atoms with Gasteiger partial charge in [0.15, 0.2) is 11.5 Å². The van der Waals surface area contributed by atoms with Crippen molar-refractivity contribution < 1.29 is 18.4 Å². The summed E-state index contributed by atoms with van der Waals surface area (Å²) in [6.45, 7) is 0.452. The Labute approximate surface area is 232 Å². The molecule has 2 amide bonds. The summed E-state index contributed by atoms with van der Waals surface area (Å²) in [5, 5.41) is 9.05. The van der Waals surface area contributed by atoms with E-state index in [1.54, 1.807) is 17.2 Å². The number of aliphatic imine (C=N–C) groups is 1. The number of nitrogens with zero attached hydrogens (tertiary/aromatic N) is 7. The van der Waals surface area contributed by atoms with Crippen molar-refractivity contribution in [3.05, 3.63) is 124 Å². The molecule has 0 fully saturated rings. The summed E-state index contributed by atoms with van der Waals surface area (Å²) in [4.78, 5) is 47.0. The number of carbonyl (C=O) groups is 2. The van der Waals surface area contributed by atoms with E-state index in [0.717, 1.165) is 5.56 Å². The summed E-state index contributed by atoms with van der Waals surface area (Å²) in [5.74, 6) is -1.87. The first-order chi connectivity index (χ1) is 19.8. The average Bonchev–Trinajstić information content (AvgIpc) is 3.52. The number of pyridine rings is 1. The van der Waals surface area contributed by atoms with Gasteiger partial charge in [-0.15, -0.1) is 0 Å². The quantitative estimate of drug-likeness (QED) is 0.403. The molecule has 0 radical (unpaired) electrons. The second-order valence-electron chi connectivity index (χ2n) is 9.61. The molecule has 0 saturated heterocycles. The third kappa shape index (κ3) is 4.43. The van der Waals surface area contributed by atoms with E-state index in [2.05, 4.69) is 19.9 Å². The molecule has 2 aromatic heterocycles. The Morgan fingerprint density at radius 3 is 2.29 bits per heavy atom. The Bertz CT molecular complexity index is 1720. The van der Waals surface area contributed by atoms with Crippen LogP contribution in [0.15, 0.2) is 78.2 Å². The predicted octanol–water partition coefficient (Wildman–Crippen LogP) is 2.78. The Hall–Kier alpha value is -5.57. The first-order valence-corrected chi connectivity index (χ1v) is 12.5. The summed E-state index contributed by atoms with van der Waals surface area (Å²) in [6.07, 6.45) is 4.47. The standard InChI is InChI=1S/C29H20F2N8O2/c30-22-5-1-20(2-6-22)29(21-3-7-23(31)8-4-21)27(41)39(28(33)37-29)14-17-9-18(12-34-11-17)26(40)38-15-19-13-35-25(10-32)36-24(19)16-38/h1-9,11-13H,14-16H2,(H2,33,37). The number of aromatic nitrogens is 3. The summed E-state index contributed by atoms with van der Waals surface area (Å²) >= 11 is 0. The number of guanidine groups is 1. The van der Waals surface area contributed by atoms with E-state index in [-0.39, 0.29) is 42.9 Å². The van der Waals surface area contributed by atoms with Crippen molar-refractivity contribution in [2.75, 3.05) is 0 Å². The molecule has 2 N–H and O–H groups in total. The molecule has 6 rings (SSSR count). The first kappa shape index (κ1) is 25.7. The molecule has 12 heteroatoms. The minimum atomic E-state index is -1.66. The molecular weight excluding hydrogens is 530 g/mol. The number of nitrogens with two attached hydrogens (primary N) is 1. The van der Waals surface area contributed by atoms with Gasteiger partial charge in [0.25, 0.3) is 11.8 Å². The van der Waals surface area contributed by atoms with Crippen LogP contribution in [0.25, 0.3) is 0 Å². The minimum absolute atomic E-state index is 0.0357. The Balaban J connectivity index is 1.28. The summed E-state index contributed by atoms with van der Waals surface area (Å²) in [6, 6.07) is 14.1. The van der Waals surface area contributed by atoms with Gasteiger partial charge in [-0.1, -0.05) is 24.3 Å². The smallest absolute Gasteiger partial charge is 0.266 e. The molecule has 2 aliphatic rings. The van der Waals surface area contributed by atoms with Gasteiger partial charge in [-0.2, -0.15) is 5.26 Å². The molecule has 0 bridgehead atoms. The number of hydrogen-bond donors (Lipinski definition) is 1. The summed E-state index contributed by atoms with van der Waals surface area (Å²) in [7, 11) is 0. The minimum Gasteiger partial charge on any atom is -0.369 e. The third-order valence-corrected chi connectivity index (χ3v) is 7.06. The second kappa shape index (κ2) is 9.87. The van der Waals surface area contributed by atoms with Crippen LogP contribution in [0.1, 0.15) is 44.1 Å². The molecule has 0 aliphatic carbocycles. The van der Waals surface area contributed by atoms with E-state index >= 15 is 0 Å². The first-order valence-electron chi connectivity index (χ1n) is 12.5. The number of rotatable bonds is 5. The fourth-order valence-electron chi connectivity index (χ4n) is 5.06. The van der Waals surface area contributed by atoms with Crippen LogP contribution in [-0.4, -0.2) is 42.5 Å². The van der Waals surface area contributed by atoms with Crippen LogP contribution in [-0.2, 0) is 30.0 Å². The maximum Gasteiger partial charge on any atom is 0.266 e. The normalized spacial score (nSPS) is 15.4. The van der Waals surface area contributed by atoms with Crippen molar-refractivity contribution >= 4 is 17.8 Å². The highest BCUT2D eigenvalue weighted by Crippen LogP contribution is 2.40. The number of fused-ring (bicyclic) bond motifs is 1. The molecule has 0 atom stereocenters. The lowest BCUT2D eigenvalue weighted by atomic mass is 9.82. The lowest BCUT2D eigenvalue weighted by molar-refractivity contribution is -0.130. The number of nitriles is 1. The highest BCUT2D eigenvalue weighted by Gasteiger charge is 2.50. The van der Waals surface area contributed by atoms with Crippen LogP contribution < -0.4 is 5.73 Å². The molecule has 2 aromatic carbocycles. The molecule has 202 valence electrons. The lowest BCUT2D eigenvalue weighted by Crippen LogP contribution is -2.43. The molecule has 0 spiro atoms. The number of halogens is 2. The van der Waals surface area contributed by atoms with Gasteiger partial charge >= 0.3 is 0 Å². The molecule has 0 saturated carbocycles. The van der Waals surface area contributed by atoms with Gasteiger partial charge in [-0.3, -0.25) is 19.5 Å². The second-order valence-corrected chi connectivity index (χ2v) is 9.61. The van der Waals surface area contributed by atoms with Crippen LogP contribution in [0.3, 0.4) is 0 Å². The Morgan fingerprint density at radius 2 is 1.66 bits per heavy atom. The number of hydrogen-bond acceptors (Lipinski definition) is 8. The fourth-order valence-corrected chi connectivity index (χ4v) is 5.06. The van der Waals surface area contributed by atoms with E-state index < -0.39 is 23.1 Å². The lowest BCUT2D eigenvalue weighted by Gasteiger charge is -2.27. The van der Waals surface area contributed by atoms with Crippen molar-refractivity contribution in [2.24, 2.45) is 10.7 Å². The Kier molecular flexibility index (Phi) is 6.19. The number of benzene rings is 2. The molecule has 4 aromatic rings. The van der Waals surface area contributed by atoms with Gasteiger partial charge in [0.2, 0.25) is 5.82 Å². The van der Waals surface area contributed by atoms with Gasteiger partial charge < -0.3 is 10.6 Å². The Morgan fingerprint density at radius 1 is 1.00 bits per heavy atom. The largest absolute Gasteiger partial charge is 0.369 e. The SMILES string of the molecule is N#Cc1ncc2c(n1)CN(C(=O)c1cncc(CN3C(=O)C(c4ccc(F)cc4)(c4ccc(F)cc4)N=C3N)c1)C2. The van der Waals surface area contributed by atoms with Crippen LogP contribution in [0, 0.1) is 23.0 Å². The molecule has 41 heavy (non-hydrogen) atoms. The third-order valence-electron chi connectivity index (χ3n) is 7.06. The molecule has 10 nitrogen and oxygen atoms in total. The van der Waals surface area contributed by atoms with E-state index in [4.69, 9.17) is 11.0 Å². The van der Waals surface area contributed by atoms with Crippen molar-refractivity contribution in [3.8, 4) is 6.07 Å². The van der Waals surface area contributed by atoms with Gasteiger partial charge in [0.1, 0.15) is 17.7 Å². The zero-order chi connectivity index (χ0) is 28.7. The predicted molar refractivity (Wildman–Crippen MR) is 140 cm³/mol. The summed E-state index contributed by atoms with van der Waals surface area (Å²) < 4.78 is 27.5. The van der Waals surface area contributed by atoms with Gasteiger partial charge in [-0.25, -0.2) is 23.7 Å². The highest BCUT2D eigenvalue weighted by atomic mass is 19.1. The van der Waals surface area contributed by atoms with E-state index in [1.807, 2.05) is 6.07 Å². The van der Waals surface area contributed by atoms with Crippen LogP contribution in [0.4, 0.5) is 8.78 Å². The van der Waals surface area contributed by atoms with E-state index in [0.29, 0.717) is 22.4 Å². The fraction of sp³-hybridized carbons (Fsp3) is 0.138. The monoisotopic (exact) mass is 550 g/mol. The van der Waals surface area contributed by atoms with E-state index in [9.17, 15) is 18.4 Å². The average molecular weight is 551 g/mol. The zero-order valence-corrected chi connectivity index (χ0v) is 21.3. The topological polar surface area (TPSA) is 141 Å². The van der Waals surface area contributed by atoms with Gasteiger partial charge in [-0.05, 0) is 47.0 Å². The van der Waals surface area contributed by atoms with Gasteiger partial charge in [0, 0.05) is 30.7 Å². The maximum absolute atomic E-state index is 14.0. The van der Waals surface area contributed by atoms with Crippen LogP contribution in [0.2, 0.25) is 0 Å².